The monoisotopic (exact) mass is 1100 g/mol. The second-order valence-corrected chi connectivity index (χ2v) is 23.6. The minimum Gasteiger partial charge on any atom is -0.394 e. The molecule has 1 rings (SSSR count). The summed E-state index contributed by atoms with van der Waals surface area (Å²) in [6.45, 7) is 3.77. The van der Waals surface area contributed by atoms with E-state index in [1.54, 1.807) is 0 Å². The topological polar surface area (TPSA) is 149 Å². The van der Waals surface area contributed by atoms with E-state index in [0.717, 1.165) is 64.2 Å². The maximum absolute atomic E-state index is 13.1. The lowest BCUT2D eigenvalue weighted by atomic mass is 9.99. The predicted octanol–water partition coefficient (Wildman–Crippen LogP) is 18.0. The first-order valence-corrected chi connectivity index (χ1v) is 33.8. The van der Waals surface area contributed by atoms with E-state index in [9.17, 15) is 30.3 Å². The fraction of sp³-hybridized carbons (Fsp3) is 0.870. The summed E-state index contributed by atoms with van der Waals surface area (Å²) in [5.41, 5.74) is 0. The number of carbonyl (C=O) groups is 1. The van der Waals surface area contributed by atoms with Gasteiger partial charge in [0, 0.05) is 6.42 Å². The van der Waals surface area contributed by atoms with E-state index in [0.29, 0.717) is 12.8 Å². The zero-order valence-electron chi connectivity index (χ0n) is 51.2. The Balaban J connectivity index is 2.10. The molecule has 0 aliphatic carbocycles. The molecule has 6 N–H and O–H groups in total. The van der Waals surface area contributed by atoms with Crippen LogP contribution in [0.15, 0.2) is 48.6 Å². The Hall–Kier alpha value is -1.85. The number of ether oxygens (including phenoxy) is 2. The molecule has 0 aromatic rings. The van der Waals surface area contributed by atoms with Gasteiger partial charge in [-0.1, -0.05) is 319 Å². The van der Waals surface area contributed by atoms with E-state index < -0.39 is 49.5 Å². The summed E-state index contributed by atoms with van der Waals surface area (Å²) in [7, 11) is 0. The molecule has 1 amide bonds. The molecule has 7 unspecified atom stereocenters. The van der Waals surface area contributed by atoms with Gasteiger partial charge in [0.15, 0.2) is 6.29 Å². The Labute approximate surface area is 482 Å². The van der Waals surface area contributed by atoms with Crippen LogP contribution in [0, 0.1) is 0 Å². The van der Waals surface area contributed by atoms with E-state index in [-0.39, 0.29) is 12.5 Å². The van der Waals surface area contributed by atoms with E-state index >= 15 is 0 Å². The first-order chi connectivity index (χ1) is 38.3. The van der Waals surface area contributed by atoms with Crippen molar-refractivity contribution in [2.45, 2.75) is 371 Å². The predicted molar refractivity (Wildman–Crippen MR) is 332 cm³/mol. The maximum Gasteiger partial charge on any atom is 0.220 e. The van der Waals surface area contributed by atoms with Crippen LogP contribution in [0.25, 0.3) is 0 Å². The Bertz CT molecular complexity index is 1370. The van der Waals surface area contributed by atoms with Crippen LogP contribution in [0.5, 0.6) is 0 Å². The molecule has 458 valence electrons. The van der Waals surface area contributed by atoms with Crippen molar-refractivity contribution in [3.8, 4) is 0 Å². The molecule has 9 heteroatoms. The van der Waals surface area contributed by atoms with Crippen LogP contribution in [0.2, 0.25) is 0 Å². The van der Waals surface area contributed by atoms with Gasteiger partial charge < -0.3 is 40.3 Å². The van der Waals surface area contributed by atoms with Gasteiger partial charge in [-0.3, -0.25) is 4.79 Å². The van der Waals surface area contributed by atoms with Crippen molar-refractivity contribution in [1.29, 1.82) is 0 Å². The molecular weight excluding hydrogens is 971 g/mol. The van der Waals surface area contributed by atoms with Gasteiger partial charge in [0.05, 0.1) is 25.4 Å². The number of nitrogens with one attached hydrogen (secondary N) is 1. The van der Waals surface area contributed by atoms with Crippen LogP contribution in [0.1, 0.15) is 328 Å². The molecule has 1 fully saturated rings. The summed E-state index contributed by atoms with van der Waals surface area (Å²) in [6, 6.07) is -0.719. The molecule has 0 aromatic heterocycles. The van der Waals surface area contributed by atoms with Crippen molar-refractivity contribution in [1.82, 2.24) is 5.32 Å². The van der Waals surface area contributed by atoms with Gasteiger partial charge in [-0.25, -0.2) is 0 Å². The average Bonchev–Trinajstić information content (AvgIpc) is 3.45. The maximum atomic E-state index is 13.1. The minimum atomic E-state index is -1.55. The van der Waals surface area contributed by atoms with Crippen LogP contribution in [-0.2, 0) is 14.3 Å². The van der Waals surface area contributed by atoms with Crippen LogP contribution in [-0.4, -0.2) is 87.5 Å². The number of hydrogen-bond donors (Lipinski definition) is 6. The van der Waals surface area contributed by atoms with Crippen LogP contribution in [0.3, 0.4) is 0 Å². The highest BCUT2D eigenvalue weighted by Crippen LogP contribution is 2.24. The molecule has 1 heterocycles. The van der Waals surface area contributed by atoms with Crippen molar-refractivity contribution in [3.05, 3.63) is 48.6 Å². The van der Waals surface area contributed by atoms with E-state index in [1.165, 1.54) is 238 Å². The molecule has 0 bridgehead atoms. The Morgan fingerprint density at radius 2 is 0.795 bits per heavy atom. The van der Waals surface area contributed by atoms with Gasteiger partial charge in [-0.2, -0.15) is 0 Å². The molecule has 1 aliphatic heterocycles. The SMILES string of the molecule is CC/C=C\C/C=C\C/C=C\C/C=C\CCCCCCCCCCCCCCCCCCCCCCC(=O)NC(COC1OC(CO)C(O)C(O)C1O)C(O)CCCCCCCCCCCCCCCCCCCCCCCC. The zero-order valence-corrected chi connectivity index (χ0v) is 51.2. The highest BCUT2D eigenvalue weighted by molar-refractivity contribution is 5.76. The first-order valence-electron chi connectivity index (χ1n) is 33.8. The van der Waals surface area contributed by atoms with Crippen LogP contribution in [0.4, 0.5) is 0 Å². The summed E-state index contributed by atoms with van der Waals surface area (Å²) in [6.07, 6.45) is 71.7. The van der Waals surface area contributed by atoms with Gasteiger partial charge in [0.25, 0.3) is 0 Å². The number of aliphatic hydroxyl groups is 5. The lowest BCUT2D eigenvalue weighted by Crippen LogP contribution is -2.60. The molecule has 0 radical (unpaired) electrons. The van der Waals surface area contributed by atoms with E-state index in [1.807, 2.05) is 0 Å². The second kappa shape index (κ2) is 58.4. The van der Waals surface area contributed by atoms with Crippen LogP contribution >= 0.6 is 0 Å². The third kappa shape index (κ3) is 46.7. The number of carbonyl (C=O) groups excluding carboxylic acids is 1. The highest BCUT2D eigenvalue weighted by Gasteiger charge is 2.44. The quantitative estimate of drug-likeness (QED) is 0.0261. The number of hydrogen-bond acceptors (Lipinski definition) is 8. The average molecular weight is 1100 g/mol. The standard InChI is InChI=1S/C69H129NO8/c1-3-5-7-9-11-13-15-17-19-21-23-25-27-28-29-30-31-32-33-34-35-36-37-39-41-43-45-47-49-51-53-55-57-59-65(73)70-62(61-77-69-68(76)67(75)66(74)64(60-71)78-69)63(72)58-56-54-52-50-48-46-44-42-40-38-26-24-22-20-18-16-14-12-10-8-6-4-2/h5,7,11,13,17,19,23,25,62-64,66-69,71-72,74-76H,3-4,6,8-10,12,14-16,18,20-22,24,26-61H2,1-2H3,(H,70,73)/b7-5-,13-11-,19-17-,25-23-. The highest BCUT2D eigenvalue weighted by atomic mass is 16.7. The number of unbranched alkanes of at least 4 members (excludes halogenated alkanes) is 41. The van der Waals surface area contributed by atoms with Crippen molar-refractivity contribution >= 4 is 5.91 Å². The van der Waals surface area contributed by atoms with Gasteiger partial charge >= 0.3 is 0 Å². The smallest absolute Gasteiger partial charge is 0.220 e. The van der Waals surface area contributed by atoms with Gasteiger partial charge in [0.1, 0.15) is 24.4 Å². The molecule has 0 aromatic carbocycles. The Kier molecular flexibility index (Phi) is 55.5. The van der Waals surface area contributed by atoms with E-state index in [2.05, 4.69) is 67.8 Å². The molecule has 1 saturated heterocycles. The van der Waals surface area contributed by atoms with Crippen molar-refractivity contribution in [3.63, 3.8) is 0 Å². The third-order valence-electron chi connectivity index (χ3n) is 16.2. The van der Waals surface area contributed by atoms with Crippen molar-refractivity contribution in [2.75, 3.05) is 13.2 Å². The molecule has 0 spiro atoms. The third-order valence-corrected chi connectivity index (χ3v) is 16.2. The largest absolute Gasteiger partial charge is 0.394 e. The summed E-state index contributed by atoms with van der Waals surface area (Å²) in [5, 5.41) is 54.9. The number of amides is 1. The van der Waals surface area contributed by atoms with Crippen molar-refractivity contribution < 1.29 is 39.8 Å². The molecule has 7 atom stereocenters. The number of allylic oxidation sites excluding steroid dienone is 8. The summed E-state index contributed by atoms with van der Waals surface area (Å²) >= 11 is 0. The fourth-order valence-corrected chi connectivity index (χ4v) is 10.9. The van der Waals surface area contributed by atoms with Gasteiger partial charge in [-0.05, 0) is 51.4 Å². The zero-order chi connectivity index (χ0) is 56.5. The van der Waals surface area contributed by atoms with Gasteiger partial charge in [-0.15, -0.1) is 0 Å². The Morgan fingerprint density at radius 3 is 1.18 bits per heavy atom. The first kappa shape index (κ1) is 74.2. The lowest BCUT2D eigenvalue weighted by Gasteiger charge is -2.40. The fourth-order valence-electron chi connectivity index (χ4n) is 10.9. The number of rotatable bonds is 59. The second-order valence-electron chi connectivity index (χ2n) is 23.6. The number of aliphatic hydroxyl groups excluding tert-OH is 5. The molecule has 1 aliphatic rings. The molecule has 78 heavy (non-hydrogen) atoms. The summed E-state index contributed by atoms with van der Waals surface area (Å²) in [4.78, 5) is 13.1. The molecular formula is C69H129NO8. The summed E-state index contributed by atoms with van der Waals surface area (Å²) in [5.74, 6) is -0.138. The molecule has 9 nitrogen and oxygen atoms in total. The lowest BCUT2D eigenvalue weighted by molar-refractivity contribution is -0.302. The molecule has 0 saturated carbocycles. The summed E-state index contributed by atoms with van der Waals surface area (Å²) < 4.78 is 11.4. The van der Waals surface area contributed by atoms with Crippen molar-refractivity contribution in [2.24, 2.45) is 0 Å². The van der Waals surface area contributed by atoms with E-state index in [4.69, 9.17) is 9.47 Å². The normalized spacial score (nSPS) is 18.9. The van der Waals surface area contributed by atoms with Crippen LogP contribution < -0.4 is 5.32 Å². The van der Waals surface area contributed by atoms with Gasteiger partial charge in [0.2, 0.25) is 5.91 Å². The Morgan fingerprint density at radius 1 is 0.449 bits per heavy atom. The minimum absolute atomic E-state index is 0.134.